The zero-order valence-corrected chi connectivity index (χ0v) is 19.8. The number of anilines is 1. The quantitative estimate of drug-likeness (QED) is 0.413. The van der Waals surface area contributed by atoms with Gasteiger partial charge in [0.2, 0.25) is 5.91 Å². The number of hydrogen-bond donors (Lipinski definition) is 1. The molecule has 0 radical (unpaired) electrons. The monoisotopic (exact) mass is 445 g/mol. The molecule has 0 spiro atoms. The van der Waals surface area contributed by atoms with Crippen molar-refractivity contribution in [3.63, 3.8) is 0 Å². The van der Waals surface area contributed by atoms with E-state index in [4.69, 9.17) is 0 Å². The van der Waals surface area contributed by atoms with E-state index in [9.17, 15) is 9.59 Å². The number of aromatic nitrogens is 2. The van der Waals surface area contributed by atoms with Crippen molar-refractivity contribution < 1.29 is 4.79 Å². The molecular weight excluding hydrogens is 418 g/mol. The summed E-state index contributed by atoms with van der Waals surface area (Å²) in [5.74, 6) is -0.218. The van der Waals surface area contributed by atoms with Crippen molar-refractivity contribution in [2.75, 3.05) is 5.32 Å². The van der Waals surface area contributed by atoms with Crippen molar-refractivity contribution in [3.05, 3.63) is 80.7 Å². The van der Waals surface area contributed by atoms with Crippen molar-refractivity contribution in [2.24, 2.45) is 0 Å². The molecule has 6 heteroatoms. The minimum absolute atomic E-state index is 0.186. The Morgan fingerprint density at radius 2 is 1.75 bits per heavy atom. The smallest absolute Gasteiger partial charge is 0.263 e. The number of benzene rings is 2. The van der Waals surface area contributed by atoms with Crippen LogP contribution in [0, 0.1) is 27.7 Å². The Hall–Kier alpha value is -3.25. The molecule has 1 N–H and O–H groups in total. The second-order valence-corrected chi connectivity index (χ2v) is 9.25. The molecule has 0 saturated heterocycles. The number of rotatable bonds is 5. The Morgan fingerprint density at radius 3 is 2.41 bits per heavy atom. The molecule has 4 aromatic rings. The molecule has 32 heavy (non-hydrogen) atoms. The Kier molecular flexibility index (Phi) is 5.98. The average molecular weight is 446 g/mol. The molecule has 4 rings (SSSR count). The first-order chi connectivity index (χ1) is 15.3. The van der Waals surface area contributed by atoms with Crippen molar-refractivity contribution in [1.82, 2.24) is 9.55 Å². The van der Waals surface area contributed by atoms with Gasteiger partial charge in [0.15, 0.2) is 0 Å². The fourth-order valence-electron chi connectivity index (χ4n) is 4.26. The molecule has 1 atom stereocenters. The summed E-state index contributed by atoms with van der Waals surface area (Å²) in [5, 5.41) is 5.54. The van der Waals surface area contributed by atoms with Gasteiger partial charge in [0, 0.05) is 16.6 Å². The number of carbonyl (C=O) groups excluding carboxylic acids is 1. The van der Waals surface area contributed by atoms with Gasteiger partial charge in [-0.15, -0.1) is 11.3 Å². The summed E-state index contributed by atoms with van der Waals surface area (Å²) < 4.78 is 1.47. The van der Waals surface area contributed by atoms with Gasteiger partial charge in [-0.2, -0.15) is 0 Å². The molecule has 164 valence electrons. The predicted octanol–water partition coefficient (Wildman–Crippen LogP) is 5.95. The van der Waals surface area contributed by atoms with Crippen molar-refractivity contribution in [1.29, 1.82) is 0 Å². The second-order valence-electron chi connectivity index (χ2n) is 8.39. The van der Waals surface area contributed by atoms with Crippen LogP contribution in [0.1, 0.15) is 41.6 Å². The third-order valence-corrected chi connectivity index (χ3v) is 6.59. The number of nitrogens with zero attached hydrogens (tertiary/aromatic N) is 2. The first-order valence-corrected chi connectivity index (χ1v) is 11.6. The van der Waals surface area contributed by atoms with Gasteiger partial charge in [-0.3, -0.25) is 14.2 Å². The van der Waals surface area contributed by atoms with Gasteiger partial charge in [0.25, 0.3) is 5.56 Å². The van der Waals surface area contributed by atoms with E-state index in [0.29, 0.717) is 16.6 Å². The molecular formula is C26H27N3O2S. The van der Waals surface area contributed by atoms with Crippen LogP contribution >= 0.6 is 11.3 Å². The maximum atomic E-state index is 13.6. The van der Waals surface area contributed by atoms with Crippen molar-refractivity contribution in [3.8, 4) is 11.1 Å². The van der Waals surface area contributed by atoms with Gasteiger partial charge in [-0.1, -0.05) is 36.8 Å². The molecule has 0 fully saturated rings. The Bertz CT molecular complexity index is 1360. The van der Waals surface area contributed by atoms with Crippen LogP contribution in [0.15, 0.2) is 52.9 Å². The van der Waals surface area contributed by atoms with Crippen LogP contribution < -0.4 is 10.9 Å². The van der Waals surface area contributed by atoms with E-state index < -0.39 is 6.04 Å². The Labute approximate surface area is 191 Å². The van der Waals surface area contributed by atoms with E-state index in [1.807, 2.05) is 57.3 Å². The summed E-state index contributed by atoms with van der Waals surface area (Å²) in [6, 6.07) is 11.5. The van der Waals surface area contributed by atoms with Gasteiger partial charge >= 0.3 is 0 Å². The van der Waals surface area contributed by atoms with E-state index in [1.165, 1.54) is 27.8 Å². The van der Waals surface area contributed by atoms with Crippen LogP contribution in [-0.2, 0) is 4.79 Å². The van der Waals surface area contributed by atoms with Gasteiger partial charge < -0.3 is 5.32 Å². The third-order valence-electron chi connectivity index (χ3n) is 5.71. The standard InChI is InChI=1S/C26H27N3O2S/c1-6-22(24(30)28-19-11-16(3)9-17(4)12-19)29-14-27-25-23(26(29)31)21(13-32-25)20-8-7-15(2)10-18(20)5/h7-14,22H,6H2,1-5H3,(H,28,30). The molecule has 1 unspecified atom stereocenters. The lowest BCUT2D eigenvalue weighted by Gasteiger charge is -2.18. The zero-order chi connectivity index (χ0) is 23.0. The Morgan fingerprint density at radius 1 is 1.03 bits per heavy atom. The predicted molar refractivity (Wildman–Crippen MR) is 133 cm³/mol. The van der Waals surface area contributed by atoms with Crippen molar-refractivity contribution in [2.45, 2.75) is 47.1 Å². The average Bonchev–Trinajstić information content (AvgIpc) is 3.14. The maximum absolute atomic E-state index is 13.6. The Balaban J connectivity index is 1.77. The lowest BCUT2D eigenvalue weighted by Crippen LogP contribution is -2.33. The molecule has 2 heterocycles. The minimum Gasteiger partial charge on any atom is -0.324 e. The number of fused-ring (bicyclic) bond motifs is 1. The fourth-order valence-corrected chi connectivity index (χ4v) is 5.16. The van der Waals surface area contributed by atoms with Crippen LogP contribution in [0.25, 0.3) is 21.3 Å². The van der Waals surface area contributed by atoms with Gasteiger partial charge in [-0.05, 0) is 68.5 Å². The van der Waals surface area contributed by atoms with E-state index in [-0.39, 0.29) is 11.5 Å². The normalized spacial score (nSPS) is 12.2. The third kappa shape index (κ3) is 4.10. The zero-order valence-electron chi connectivity index (χ0n) is 19.0. The molecule has 2 aromatic heterocycles. The van der Waals surface area contributed by atoms with E-state index in [2.05, 4.69) is 29.4 Å². The number of aryl methyl sites for hydroxylation is 4. The summed E-state index contributed by atoms with van der Waals surface area (Å²) in [6.07, 6.45) is 1.98. The molecule has 0 aliphatic heterocycles. The van der Waals surface area contributed by atoms with Gasteiger partial charge in [0.1, 0.15) is 10.9 Å². The summed E-state index contributed by atoms with van der Waals surface area (Å²) >= 11 is 1.45. The van der Waals surface area contributed by atoms with Crippen LogP contribution in [-0.4, -0.2) is 15.5 Å². The largest absolute Gasteiger partial charge is 0.324 e. The van der Waals surface area contributed by atoms with Crippen LogP contribution in [0.2, 0.25) is 0 Å². The molecule has 0 aliphatic carbocycles. The number of thiophene rings is 1. The highest BCUT2D eigenvalue weighted by molar-refractivity contribution is 7.17. The highest BCUT2D eigenvalue weighted by Gasteiger charge is 2.23. The topological polar surface area (TPSA) is 64.0 Å². The summed E-state index contributed by atoms with van der Waals surface area (Å²) in [6.45, 7) is 9.99. The highest BCUT2D eigenvalue weighted by atomic mass is 32.1. The first kappa shape index (κ1) is 22.0. The summed E-state index contributed by atoms with van der Waals surface area (Å²) in [5.41, 5.74) is 6.88. The molecule has 0 saturated carbocycles. The molecule has 0 bridgehead atoms. The fraction of sp³-hybridized carbons (Fsp3) is 0.269. The molecule has 0 aliphatic rings. The van der Waals surface area contributed by atoms with E-state index >= 15 is 0 Å². The molecule has 2 aromatic carbocycles. The van der Waals surface area contributed by atoms with Gasteiger partial charge in [0.05, 0.1) is 11.7 Å². The minimum atomic E-state index is -0.646. The summed E-state index contributed by atoms with van der Waals surface area (Å²) in [4.78, 5) is 31.9. The lowest BCUT2D eigenvalue weighted by atomic mass is 9.99. The van der Waals surface area contributed by atoms with Crippen LogP contribution in [0.4, 0.5) is 5.69 Å². The van der Waals surface area contributed by atoms with E-state index in [0.717, 1.165) is 33.5 Å². The number of nitrogens with one attached hydrogen (secondary N) is 1. The highest BCUT2D eigenvalue weighted by Crippen LogP contribution is 2.33. The lowest BCUT2D eigenvalue weighted by molar-refractivity contribution is -0.119. The second kappa shape index (κ2) is 8.71. The SMILES string of the molecule is CCC(C(=O)Nc1cc(C)cc(C)c1)n1cnc2scc(-c3ccc(C)cc3C)c2c1=O. The van der Waals surface area contributed by atoms with Crippen molar-refractivity contribution >= 4 is 33.1 Å². The first-order valence-electron chi connectivity index (χ1n) is 10.7. The number of hydrogen-bond acceptors (Lipinski definition) is 4. The number of amides is 1. The van der Waals surface area contributed by atoms with Gasteiger partial charge in [-0.25, -0.2) is 4.98 Å². The molecule has 1 amide bonds. The maximum Gasteiger partial charge on any atom is 0.263 e. The van der Waals surface area contributed by atoms with Crippen LogP contribution in [0.5, 0.6) is 0 Å². The number of carbonyl (C=O) groups is 1. The molecule has 5 nitrogen and oxygen atoms in total. The van der Waals surface area contributed by atoms with Crippen LogP contribution in [0.3, 0.4) is 0 Å². The van der Waals surface area contributed by atoms with E-state index in [1.54, 1.807) is 0 Å². The summed E-state index contributed by atoms with van der Waals surface area (Å²) in [7, 11) is 0.